The van der Waals surface area contributed by atoms with Gasteiger partial charge in [-0.15, -0.1) is 0 Å². The summed E-state index contributed by atoms with van der Waals surface area (Å²) >= 11 is 0. The Kier molecular flexibility index (Phi) is 0.852. The highest BCUT2D eigenvalue weighted by Crippen LogP contribution is 2.66. The van der Waals surface area contributed by atoms with E-state index in [0.717, 1.165) is 5.56 Å². The van der Waals surface area contributed by atoms with Crippen LogP contribution < -0.4 is 0 Å². The predicted octanol–water partition coefficient (Wildman–Crippen LogP) is 1.63. The van der Waals surface area contributed by atoms with E-state index in [1.807, 2.05) is 0 Å². The smallest absolute Gasteiger partial charge is 0.266 e. The summed E-state index contributed by atoms with van der Waals surface area (Å²) in [5.74, 6) is -2.94. The van der Waals surface area contributed by atoms with Crippen LogP contribution in [0.3, 0.4) is 0 Å². The van der Waals surface area contributed by atoms with Crippen molar-refractivity contribution in [2.75, 3.05) is 0 Å². The molecule has 0 radical (unpaired) electrons. The molecule has 0 bridgehead atoms. The minimum absolute atomic E-state index is 0.101. The lowest BCUT2D eigenvalue weighted by atomic mass is 10.2. The lowest BCUT2D eigenvalue weighted by Crippen LogP contribution is -2.18. The van der Waals surface area contributed by atoms with E-state index in [-0.39, 0.29) is 11.6 Å². The first-order valence-corrected chi connectivity index (χ1v) is 4.02. The second-order valence-electron chi connectivity index (χ2n) is 3.64. The van der Waals surface area contributed by atoms with Gasteiger partial charge in [0.2, 0.25) is 0 Å². The van der Waals surface area contributed by atoms with E-state index in [1.54, 1.807) is 13.2 Å². The van der Waals surface area contributed by atoms with Gasteiger partial charge in [0.25, 0.3) is 5.92 Å². The molecule has 0 spiro atoms. The van der Waals surface area contributed by atoms with E-state index in [9.17, 15) is 8.78 Å². The summed E-state index contributed by atoms with van der Waals surface area (Å²) in [5.41, 5.74) is 0.913. The zero-order chi connectivity index (χ0) is 8.51. The predicted molar refractivity (Wildman–Crippen MR) is 38.0 cm³/mol. The van der Waals surface area contributed by atoms with Gasteiger partial charge >= 0.3 is 0 Å². The largest absolute Gasteiger partial charge is 0.293 e. The Bertz CT molecular complexity index is 356. The maximum Gasteiger partial charge on any atom is 0.293 e. The number of halogens is 2. The number of aryl methyl sites for hydroxylation is 1. The molecule has 2 nitrogen and oxygen atoms in total. The first-order chi connectivity index (χ1) is 5.62. The molecule has 1 saturated carbocycles. The van der Waals surface area contributed by atoms with E-state index in [0.29, 0.717) is 6.42 Å². The van der Waals surface area contributed by atoms with Gasteiger partial charge in [0.1, 0.15) is 5.69 Å². The topological polar surface area (TPSA) is 17.8 Å². The van der Waals surface area contributed by atoms with Crippen LogP contribution in [0.4, 0.5) is 8.78 Å². The summed E-state index contributed by atoms with van der Waals surface area (Å²) in [6.07, 6.45) is 2.23. The molecule has 0 amide bonds. The van der Waals surface area contributed by atoms with Gasteiger partial charge in [-0.05, 0) is 12.3 Å². The van der Waals surface area contributed by atoms with Crippen molar-refractivity contribution < 1.29 is 8.78 Å². The molecule has 0 N–H and O–H groups in total. The van der Waals surface area contributed by atoms with Crippen LogP contribution in [-0.4, -0.2) is 9.78 Å². The zero-order valence-corrected chi connectivity index (χ0v) is 6.59. The summed E-state index contributed by atoms with van der Waals surface area (Å²) in [5, 5.41) is 3.85. The van der Waals surface area contributed by atoms with Gasteiger partial charge < -0.3 is 0 Å². The molecule has 0 saturated heterocycles. The number of alkyl halides is 2. The van der Waals surface area contributed by atoms with Gasteiger partial charge in [0.15, 0.2) is 0 Å². The number of fused-ring (bicyclic) bond motifs is 3. The fraction of sp³-hybridized carbons (Fsp3) is 0.625. The number of aromatic nitrogens is 2. The second-order valence-corrected chi connectivity index (χ2v) is 3.64. The molecule has 2 aliphatic carbocycles. The van der Waals surface area contributed by atoms with Crippen molar-refractivity contribution in [2.45, 2.75) is 18.3 Å². The molecule has 1 heterocycles. The summed E-state index contributed by atoms with van der Waals surface area (Å²) in [6.45, 7) is 0. The molecular weight excluding hydrogens is 162 g/mol. The third kappa shape index (κ3) is 0.509. The number of nitrogens with zero attached hydrogens (tertiary/aromatic N) is 2. The van der Waals surface area contributed by atoms with Crippen molar-refractivity contribution in [3.8, 4) is 0 Å². The van der Waals surface area contributed by atoms with Gasteiger partial charge in [-0.25, -0.2) is 0 Å². The van der Waals surface area contributed by atoms with Crippen molar-refractivity contribution in [1.82, 2.24) is 9.78 Å². The fourth-order valence-electron chi connectivity index (χ4n) is 2.25. The van der Waals surface area contributed by atoms with Crippen LogP contribution in [-0.2, 0) is 13.0 Å². The van der Waals surface area contributed by atoms with Crippen LogP contribution >= 0.6 is 0 Å². The van der Waals surface area contributed by atoms with Gasteiger partial charge in [0, 0.05) is 18.5 Å². The molecular formula is C8H8F2N2. The van der Waals surface area contributed by atoms with Gasteiger partial charge in [-0.3, -0.25) is 4.68 Å². The summed E-state index contributed by atoms with van der Waals surface area (Å²) in [7, 11) is 1.58. The van der Waals surface area contributed by atoms with Crippen LogP contribution in [0.2, 0.25) is 0 Å². The SMILES string of the molecule is Cn1ncc2c1C(F)(F)[C@@H]1CC21. The minimum atomic E-state index is -2.62. The Balaban J connectivity index is 2.28. The van der Waals surface area contributed by atoms with E-state index in [4.69, 9.17) is 0 Å². The van der Waals surface area contributed by atoms with Crippen LogP contribution in [0.5, 0.6) is 0 Å². The van der Waals surface area contributed by atoms with E-state index in [2.05, 4.69) is 5.10 Å². The normalized spacial score (nSPS) is 34.6. The molecule has 4 heteroatoms. The average Bonchev–Trinajstić information content (AvgIpc) is 2.64. The quantitative estimate of drug-likeness (QED) is 0.578. The van der Waals surface area contributed by atoms with Crippen molar-refractivity contribution in [3.63, 3.8) is 0 Å². The maximum atomic E-state index is 13.4. The highest BCUT2D eigenvalue weighted by Gasteiger charge is 2.65. The molecule has 64 valence electrons. The zero-order valence-electron chi connectivity index (χ0n) is 6.59. The lowest BCUT2D eigenvalue weighted by molar-refractivity contribution is -0.0301. The third-order valence-corrected chi connectivity index (χ3v) is 2.94. The van der Waals surface area contributed by atoms with Crippen molar-refractivity contribution in [2.24, 2.45) is 13.0 Å². The number of hydrogen-bond donors (Lipinski definition) is 0. The Morgan fingerprint density at radius 3 is 3.08 bits per heavy atom. The average molecular weight is 170 g/mol. The van der Waals surface area contributed by atoms with E-state index < -0.39 is 11.8 Å². The van der Waals surface area contributed by atoms with Crippen molar-refractivity contribution >= 4 is 0 Å². The Hall–Kier alpha value is -0.930. The molecule has 1 aromatic heterocycles. The molecule has 1 unspecified atom stereocenters. The summed E-state index contributed by atoms with van der Waals surface area (Å²) < 4.78 is 28.1. The Morgan fingerprint density at radius 2 is 2.42 bits per heavy atom. The Morgan fingerprint density at radius 1 is 1.67 bits per heavy atom. The first kappa shape index (κ1) is 6.57. The third-order valence-electron chi connectivity index (χ3n) is 2.94. The molecule has 12 heavy (non-hydrogen) atoms. The highest BCUT2D eigenvalue weighted by molar-refractivity contribution is 5.41. The summed E-state index contributed by atoms with van der Waals surface area (Å²) in [6, 6.07) is 0. The monoisotopic (exact) mass is 170 g/mol. The van der Waals surface area contributed by atoms with E-state index in [1.165, 1.54) is 4.68 Å². The molecule has 3 rings (SSSR count). The van der Waals surface area contributed by atoms with Gasteiger partial charge in [-0.2, -0.15) is 13.9 Å². The summed E-state index contributed by atoms with van der Waals surface area (Å²) in [4.78, 5) is 0. The Labute approximate surface area is 68.2 Å². The fourth-order valence-corrected chi connectivity index (χ4v) is 2.25. The van der Waals surface area contributed by atoms with Crippen LogP contribution in [0, 0.1) is 5.92 Å². The van der Waals surface area contributed by atoms with E-state index >= 15 is 0 Å². The number of rotatable bonds is 0. The molecule has 1 aromatic rings. The minimum Gasteiger partial charge on any atom is -0.266 e. The van der Waals surface area contributed by atoms with Crippen LogP contribution in [0.1, 0.15) is 23.6 Å². The van der Waals surface area contributed by atoms with Crippen LogP contribution in [0.25, 0.3) is 0 Å². The molecule has 2 atom stereocenters. The van der Waals surface area contributed by atoms with Gasteiger partial charge in [-0.1, -0.05) is 0 Å². The van der Waals surface area contributed by atoms with Gasteiger partial charge in [0.05, 0.1) is 6.20 Å². The maximum absolute atomic E-state index is 13.4. The standard InChI is InChI=1S/C8H8F2N2/c1-12-7-5(3-11-12)4-2-6(4)8(7,9)10/h3-4,6H,2H2,1H3/t4?,6-/m1/s1. The van der Waals surface area contributed by atoms with Crippen LogP contribution in [0.15, 0.2) is 6.20 Å². The van der Waals surface area contributed by atoms with Crippen molar-refractivity contribution in [1.29, 1.82) is 0 Å². The lowest BCUT2D eigenvalue weighted by Gasteiger charge is -2.12. The molecule has 0 aromatic carbocycles. The second kappa shape index (κ2) is 1.56. The number of hydrogen-bond acceptors (Lipinski definition) is 1. The first-order valence-electron chi connectivity index (χ1n) is 4.02. The molecule has 0 aliphatic heterocycles. The molecule has 1 fully saturated rings. The highest BCUT2D eigenvalue weighted by atomic mass is 19.3. The molecule has 2 aliphatic rings. The van der Waals surface area contributed by atoms with Crippen molar-refractivity contribution in [3.05, 3.63) is 17.5 Å².